The van der Waals surface area contributed by atoms with Gasteiger partial charge in [0.2, 0.25) is 0 Å². The van der Waals surface area contributed by atoms with Gasteiger partial charge in [0.25, 0.3) is 5.56 Å². The molecule has 3 aromatic heterocycles. The maximum absolute atomic E-state index is 15.3. The lowest BCUT2D eigenvalue weighted by molar-refractivity contribution is 0.0659. The minimum absolute atomic E-state index is 0.113. The zero-order valence-corrected chi connectivity index (χ0v) is 19.3. The van der Waals surface area contributed by atoms with Gasteiger partial charge in [0.05, 0.1) is 11.2 Å². The molecule has 1 aromatic carbocycles. The third-order valence-electron chi connectivity index (χ3n) is 5.84. The fourth-order valence-corrected chi connectivity index (χ4v) is 4.23. The monoisotopic (exact) mass is 433 g/mol. The lowest BCUT2D eigenvalue weighted by atomic mass is 9.95. The van der Waals surface area contributed by atoms with Crippen molar-refractivity contribution in [3.63, 3.8) is 0 Å². The SMILES string of the molecule is Cc1ccccc1-c1cc(C(C)C)c2cc(-c3cn(C)c(C(C)(C)O)n3)c(F)cn2c1=O. The van der Waals surface area contributed by atoms with Gasteiger partial charge in [0.15, 0.2) is 0 Å². The average molecular weight is 434 g/mol. The van der Waals surface area contributed by atoms with E-state index < -0.39 is 11.4 Å². The van der Waals surface area contributed by atoms with Crippen LogP contribution in [0.2, 0.25) is 0 Å². The number of hydrogen-bond donors (Lipinski definition) is 1. The number of aliphatic hydroxyl groups is 1. The zero-order chi connectivity index (χ0) is 23.4. The van der Waals surface area contributed by atoms with Gasteiger partial charge in [-0.25, -0.2) is 9.37 Å². The second-order valence-electron chi connectivity index (χ2n) is 9.20. The molecular formula is C26H28FN3O2. The van der Waals surface area contributed by atoms with Crippen molar-refractivity contribution in [2.45, 2.75) is 46.1 Å². The standard InChI is InChI=1S/C26H28FN3O2/c1-15(2)18-11-19(17-10-8-7-9-16(17)3)24(31)30-13-21(27)20(12-23(18)30)22-14-29(6)25(28-22)26(4,5)32/h7-15,32H,1-6H3. The van der Waals surface area contributed by atoms with Crippen LogP contribution < -0.4 is 5.56 Å². The Hall–Kier alpha value is -3.25. The number of aryl methyl sites for hydroxylation is 2. The number of halogens is 1. The van der Waals surface area contributed by atoms with Crippen molar-refractivity contribution >= 4 is 5.52 Å². The molecule has 0 aliphatic carbocycles. The topological polar surface area (TPSA) is 59.5 Å². The summed E-state index contributed by atoms with van der Waals surface area (Å²) < 4.78 is 18.4. The summed E-state index contributed by atoms with van der Waals surface area (Å²) in [5.41, 5.74) is 3.26. The van der Waals surface area contributed by atoms with E-state index in [2.05, 4.69) is 18.8 Å². The number of fused-ring (bicyclic) bond motifs is 1. The molecule has 0 saturated heterocycles. The molecule has 32 heavy (non-hydrogen) atoms. The lowest BCUT2D eigenvalue weighted by Crippen LogP contribution is -2.20. The van der Waals surface area contributed by atoms with Gasteiger partial charge in [0.1, 0.15) is 17.2 Å². The summed E-state index contributed by atoms with van der Waals surface area (Å²) in [7, 11) is 1.77. The minimum Gasteiger partial charge on any atom is -0.383 e. The van der Waals surface area contributed by atoms with E-state index in [-0.39, 0.29) is 11.5 Å². The van der Waals surface area contributed by atoms with Crippen molar-refractivity contribution in [2.75, 3.05) is 0 Å². The molecule has 4 aromatic rings. The molecule has 166 valence electrons. The Kier molecular flexibility index (Phi) is 5.29. The molecule has 0 aliphatic rings. The fourth-order valence-electron chi connectivity index (χ4n) is 4.23. The molecule has 1 N–H and O–H groups in total. The number of hydrogen-bond acceptors (Lipinski definition) is 3. The van der Waals surface area contributed by atoms with Crippen LogP contribution in [0.3, 0.4) is 0 Å². The van der Waals surface area contributed by atoms with Crippen molar-refractivity contribution in [1.29, 1.82) is 0 Å². The smallest absolute Gasteiger partial charge is 0.263 e. The molecule has 3 heterocycles. The third kappa shape index (κ3) is 3.65. The highest BCUT2D eigenvalue weighted by Gasteiger charge is 2.24. The normalized spacial score (nSPS) is 12.2. The third-order valence-corrected chi connectivity index (χ3v) is 5.84. The number of benzene rings is 1. The molecule has 0 radical (unpaired) electrons. The first-order valence-electron chi connectivity index (χ1n) is 10.7. The van der Waals surface area contributed by atoms with Crippen LogP contribution in [0.1, 0.15) is 50.6 Å². The number of rotatable bonds is 4. The summed E-state index contributed by atoms with van der Waals surface area (Å²) in [6.45, 7) is 9.34. The van der Waals surface area contributed by atoms with Gasteiger partial charge in [-0.3, -0.25) is 9.20 Å². The summed E-state index contributed by atoms with van der Waals surface area (Å²) in [5.74, 6) is 0.00197. The Bertz CT molecular complexity index is 1390. The Morgan fingerprint density at radius 1 is 1.06 bits per heavy atom. The molecule has 0 aliphatic heterocycles. The lowest BCUT2D eigenvalue weighted by Gasteiger charge is -2.16. The summed E-state index contributed by atoms with van der Waals surface area (Å²) in [6, 6.07) is 11.3. The van der Waals surface area contributed by atoms with E-state index in [1.807, 2.05) is 37.3 Å². The first-order valence-corrected chi connectivity index (χ1v) is 10.7. The highest BCUT2D eigenvalue weighted by Crippen LogP contribution is 2.31. The van der Waals surface area contributed by atoms with E-state index in [4.69, 9.17) is 0 Å². The molecule has 5 nitrogen and oxygen atoms in total. The molecule has 0 spiro atoms. The van der Waals surface area contributed by atoms with Crippen LogP contribution in [0.25, 0.3) is 27.9 Å². The van der Waals surface area contributed by atoms with E-state index in [1.165, 1.54) is 10.6 Å². The number of aromatic nitrogens is 3. The van der Waals surface area contributed by atoms with Crippen LogP contribution >= 0.6 is 0 Å². The largest absolute Gasteiger partial charge is 0.383 e. The van der Waals surface area contributed by atoms with Gasteiger partial charge >= 0.3 is 0 Å². The summed E-state index contributed by atoms with van der Waals surface area (Å²) in [6.07, 6.45) is 2.94. The van der Waals surface area contributed by atoms with E-state index in [0.717, 1.165) is 16.7 Å². The summed E-state index contributed by atoms with van der Waals surface area (Å²) in [5, 5.41) is 10.4. The Morgan fingerprint density at radius 2 is 1.75 bits per heavy atom. The predicted octanol–water partition coefficient (Wildman–Crippen LogP) is 5.17. The van der Waals surface area contributed by atoms with Gasteiger partial charge in [-0.2, -0.15) is 0 Å². The summed E-state index contributed by atoms with van der Waals surface area (Å²) >= 11 is 0. The second-order valence-corrected chi connectivity index (χ2v) is 9.20. The van der Waals surface area contributed by atoms with Crippen molar-refractivity contribution in [2.24, 2.45) is 7.05 Å². The molecule has 0 saturated carbocycles. The number of pyridine rings is 2. The number of nitrogens with zero attached hydrogens (tertiary/aromatic N) is 3. The first-order chi connectivity index (χ1) is 15.0. The maximum Gasteiger partial charge on any atom is 0.263 e. The molecule has 0 fully saturated rings. The van der Waals surface area contributed by atoms with Gasteiger partial charge in [-0.15, -0.1) is 0 Å². The van der Waals surface area contributed by atoms with E-state index >= 15 is 4.39 Å². The number of imidazole rings is 1. The summed E-state index contributed by atoms with van der Waals surface area (Å²) in [4.78, 5) is 17.9. The van der Waals surface area contributed by atoms with Crippen molar-refractivity contribution in [3.8, 4) is 22.4 Å². The molecule has 0 unspecified atom stereocenters. The van der Waals surface area contributed by atoms with Gasteiger partial charge in [0, 0.05) is 30.6 Å². The van der Waals surface area contributed by atoms with Crippen LogP contribution in [0.4, 0.5) is 4.39 Å². The van der Waals surface area contributed by atoms with Crippen molar-refractivity contribution in [3.05, 3.63) is 81.9 Å². The van der Waals surface area contributed by atoms with Gasteiger partial charge in [-0.1, -0.05) is 38.1 Å². The van der Waals surface area contributed by atoms with Crippen LogP contribution in [-0.2, 0) is 12.6 Å². The molecule has 4 rings (SSSR count). The molecule has 6 heteroatoms. The van der Waals surface area contributed by atoms with E-state index in [0.29, 0.717) is 28.2 Å². The van der Waals surface area contributed by atoms with Crippen LogP contribution in [0.15, 0.2) is 53.6 Å². The Morgan fingerprint density at radius 3 is 2.34 bits per heavy atom. The zero-order valence-electron chi connectivity index (χ0n) is 19.3. The van der Waals surface area contributed by atoms with Gasteiger partial charge in [-0.05, 0) is 55.5 Å². The van der Waals surface area contributed by atoms with Gasteiger partial charge < -0.3 is 9.67 Å². The maximum atomic E-state index is 15.3. The predicted molar refractivity (Wildman–Crippen MR) is 125 cm³/mol. The van der Waals surface area contributed by atoms with Crippen LogP contribution in [0.5, 0.6) is 0 Å². The first kappa shape index (κ1) is 22.0. The van der Waals surface area contributed by atoms with Crippen molar-refractivity contribution < 1.29 is 9.50 Å². The van der Waals surface area contributed by atoms with E-state index in [9.17, 15) is 9.90 Å². The fraction of sp³-hybridized carbons (Fsp3) is 0.308. The average Bonchev–Trinajstić information content (AvgIpc) is 3.10. The second kappa shape index (κ2) is 7.71. The quantitative estimate of drug-likeness (QED) is 0.483. The molecule has 0 amide bonds. The molecule has 0 atom stereocenters. The Balaban J connectivity index is 2.01. The van der Waals surface area contributed by atoms with Crippen LogP contribution in [0, 0.1) is 12.7 Å². The van der Waals surface area contributed by atoms with Crippen LogP contribution in [-0.4, -0.2) is 19.1 Å². The van der Waals surface area contributed by atoms with Crippen molar-refractivity contribution in [1.82, 2.24) is 14.0 Å². The van der Waals surface area contributed by atoms with E-state index in [1.54, 1.807) is 37.7 Å². The molecular weight excluding hydrogens is 405 g/mol. The highest BCUT2D eigenvalue weighted by atomic mass is 19.1. The molecule has 0 bridgehead atoms. The highest BCUT2D eigenvalue weighted by molar-refractivity contribution is 5.75. The minimum atomic E-state index is -1.16. The Labute approximate surface area is 186 Å².